The first-order valence-corrected chi connectivity index (χ1v) is 8.77. The minimum absolute atomic E-state index is 0.108. The van der Waals surface area contributed by atoms with Crippen LogP contribution in [0.2, 0.25) is 0 Å². The summed E-state index contributed by atoms with van der Waals surface area (Å²) in [6, 6.07) is 7.95. The number of rotatable bonds is 3. The Hall–Kier alpha value is -3.48. The van der Waals surface area contributed by atoms with Crippen LogP contribution in [0.4, 0.5) is 4.39 Å². The molecule has 6 nitrogen and oxygen atoms in total. The molecule has 1 aliphatic rings. The highest BCUT2D eigenvalue weighted by Crippen LogP contribution is 2.37. The van der Waals surface area contributed by atoms with E-state index in [0.29, 0.717) is 22.9 Å². The number of hydrogen-bond donors (Lipinski definition) is 2. The van der Waals surface area contributed by atoms with Crippen LogP contribution in [-0.4, -0.2) is 40.9 Å². The van der Waals surface area contributed by atoms with Gasteiger partial charge in [0.25, 0.3) is 11.8 Å². The third-order valence-corrected chi connectivity index (χ3v) is 4.87. The number of carbonyl (C=O) groups is 2. The molecule has 2 heterocycles. The molecule has 0 saturated carbocycles. The summed E-state index contributed by atoms with van der Waals surface area (Å²) in [5.74, 6) is -1.21. The summed E-state index contributed by atoms with van der Waals surface area (Å²) in [7, 11) is 3.26. The SMILES string of the molecule is CN(C)C(=O)c1c2c(c(O)c3ncc(Cc4ccc(F)cc4)cc13)C(=O)NC2. The number of fused-ring (bicyclic) bond motifs is 2. The first-order valence-electron chi connectivity index (χ1n) is 8.77. The van der Waals surface area contributed by atoms with Gasteiger partial charge in [0.05, 0.1) is 11.1 Å². The number of pyridine rings is 1. The van der Waals surface area contributed by atoms with Gasteiger partial charge in [-0.2, -0.15) is 0 Å². The number of halogens is 1. The molecule has 2 N–H and O–H groups in total. The Balaban J connectivity index is 1.92. The topological polar surface area (TPSA) is 82.5 Å². The number of phenolic OH excluding ortho intramolecular Hbond substituents is 1. The van der Waals surface area contributed by atoms with Crippen molar-refractivity contribution in [1.29, 1.82) is 0 Å². The van der Waals surface area contributed by atoms with Gasteiger partial charge in [-0.1, -0.05) is 12.1 Å². The van der Waals surface area contributed by atoms with Crippen molar-refractivity contribution in [1.82, 2.24) is 15.2 Å². The summed E-state index contributed by atoms with van der Waals surface area (Å²) in [6.07, 6.45) is 2.09. The Bertz CT molecular complexity index is 1120. The number of carbonyl (C=O) groups excluding carboxylic acids is 2. The second-order valence-electron chi connectivity index (χ2n) is 7.00. The van der Waals surface area contributed by atoms with Crippen LogP contribution in [0.25, 0.3) is 10.9 Å². The molecule has 2 amide bonds. The maximum Gasteiger partial charge on any atom is 0.255 e. The van der Waals surface area contributed by atoms with Gasteiger partial charge in [0, 0.05) is 37.8 Å². The second-order valence-corrected chi connectivity index (χ2v) is 7.00. The second kappa shape index (κ2) is 6.60. The molecule has 4 rings (SSSR count). The maximum absolute atomic E-state index is 13.1. The van der Waals surface area contributed by atoms with Crippen molar-refractivity contribution in [3.05, 3.63) is 70.2 Å². The van der Waals surface area contributed by atoms with Crippen LogP contribution in [0.3, 0.4) is 0 Å². The van der Waals surface area contributed by atoms with Gasteiger partial charge in [0.1, 0.15) is 11.3 Å². The van der Waals surface area contributed by atoms with Gasteiger partial charge >= 0.3 is 0 Å². The van der Waals surface area contributed by atoms with Crippen molar-refractivity contribution >= 4 is 22.7 Å². The van der Waals surface area contributed by atoms with Crippen molar-refractivity contribution in [2.75, 3.05) is 14.1 Å². The molecule has 1 aromatic heterocycles. The minimum Gasteiger partial charge on any atom is -0.505 e. The lowest BCUT2D eigenvalue weighted by molar-refractivity contribution is 0.0828. The number of benzene rings is 2. The molecule has 3 aromatic rings. The highest BCUT2D eigenvalue weighted by Gasteiger charge is 2.32. The number of amides is 2. The van der Waals surface area contributed by atoms with Crippen molar-refractivity contribution in [3.63, 3.8) is 0 Å². The summed E-state index contributed by atoms with van der Waals surface area (Å²) < 4.78 is 13.1. The first-order chi connectivity index (χ1) is 13.4. The molecule has 0 fully saturated rings. The predicted molar refractivity (Wildman–Crippen MR) is 102 cm³/mol. The molecule has 0 unspecified atom stereocenters. The minimum atomic E-state index is -0.417. The molecule has 0 saturated heterocycles. The van der Waals surface area contributed by atoms with Crippen LogP contribution in [-0.2, 0) is 13.0 Å². The number of nitrogens with one attached hydrogen (secondary N) is 1. The zero-order chi connectivity index (χ0) is 20.0. The number of phenols is 1. The molecule has 7 heteroatoms. The number of hydrogen-bond acceptors (Lipinski definition) is 4. The largest absolute Gasteiger partial charge is 0.505 e. The lowest BCUT2D eigenvalue weighted by Crippen LogP contribution is -2.23. The monoisotopic (exact) mass is 379 g/mol. The van der Waals surface area contributed by atoms with Gasteiger partial charge in [0.2, 0.25) is 0 Å². The fraction of sp³-hybridized carbons (Fsp3) is 0.190. The van der Waals surface area contributed by atoms with Gasteiger partial charge < -0.3 is 15.3 Å². The zero-order valence-corrected chi connectivity index (χ0v) is 15.4. The van der Waals surface area contributed by atoms with Gasteiger partial charge in [0.15, 0.2) is 5.75 Å². The molecule has 0 atom stereocenters. The lowest BCUT2D eigenvalue weighted by atomic mass is 9.94. The molecule has 0 bridgehead atoms. The van der Waals surface area contributed by atoms with Crippen LogP contribution in [0.1, 0.15) is 37.4 Å². The maximum atomic E-state index is 13.1. The van der Waals surface area contributed by atoms with Crippen LogP contribution >= 0.6 is 0 Å². The summed E-state index contributed by atoms with van der Waals surface area (Å²) in [6.45, 7) is 0.175. The Labute approximate surface area is 160 Å². The van der Waals surface area contributed by atoms with E-state index in [1.54, 1.807) is 38.5 Å². The van der Waals surface area contributed by atoms with E-state index in [4.69, 9.17) is 0 Å². The molecule has 1 aliphatic heterocycles. The van der Waals surface area contributed by atoms with E-state index < -0.39 is 5.91 Å². The number of nitrogens with zero attached hydrogens (tertiary/aromatic N) is 2. The molecule has 0 radical (unpaired) electrons. The highest BCUT2D eigenvalue weighted by atomic mass is 19.1. The standard InChI is InChI=1S/C21H18FN3O3/c1-25(2)21(28)16-14-8-12(7-11-3-5-13(22)6-4-11)9-23-18(14)19(26)17-15(16)10-24-20(17)27/h3-6,8-9,26H,7,10H2,1-2H3,(H,24,27). The normalized spacial score (nSPS) is 12.8. The summed E-state index contributed by atoms with van der Waals surface area (Å²) in [4.78, 5) is 30.8. The average molecular weight is 379 g/mol. The van der Waals surface area contributed by atoms with Crippen LogP contribution in [0.15, 0.2) is 36.5 Å². The third-order valence-electron chi connectivity index (χ3n) is 4.87. The first kappa shape index (κ1) is 17.9. The Morgan fingerprint density at radius 1 is 1.25 bits per heavy atom. The highest BCUT2D eigenvalue weighted by molar-refractivity contribution is 6.15. The average Bonchev–Trinajstić information content (AvgIpc) is 3.05. The number of aromatic hydroxyl groups is 1. The molecule has 28 heavy (non-hydrogen) atoms. The molecule has 142 valence electrons. The van der Waals surface area contributed by atoms with Gasteiger partial charge in [-0.15, -0.1) is 0 Å². The van der Waals surface area contributed by atoms with E-state index in [1.807, 2.05) is 0 Å². The predicted octanol–water partition coefficient (Wildman–Crippen LogP) is 2.62. The van der Waals surface area contributed by atoms with Crippen LogP contribution in [0, 0.1) is 5.82 Å². The van der Waals surface area contributed by atoms with Gasteiger partial charge in [-0.3, -0.25) is 14.6 Å². The fourth-order valence-corrected chi connectivity index (χ4v) is 3.52. The summed E-state index contributed by atoms with van der Waals surface area (Å²) in [5.41, 5.74) is 2.86. The zero-order valence-electron chi connectivity index (χ0n) is 15.4. The quantitative estimate of drug-likeness (QED) is 0.733. The van der Waals surface area contributed by atoms with E-state index in [9.17, 15) is 19.1 Å². The Kier molecular flexibility index (Phi) is 4.22. The van der Waals surface area contributed by atoms with Gasteiger partial charge in [-0.05, 0) is 35.7 Å². The number of aromatic nitrogens is 1. The van der Waals surface area contributed by atoms with Gasteiger partial charge in [-0.25, -0.2) is 4.39 Å². The van der Waals surface area contributed by atoms with E-state index in [2.05, 4.69) is 10.3 Å². The molecular formula is C21H18FN3O3. The van der Waals surface area contributed by atoms with E-state index in [-0.39, 0.29) is 35.1 Å². The van der Waals surface area contributed by atoms with E-state index >= 15 is 0 Å². The van der Waals surface area contributed by atoms with Crippen molar-refractivity contribution < 1.29 is 19.1 Å². The molecule has 0 spiro atoms. The van der Waals surface area contributed by atoms with Crippen molar-refractivity contribution in [3.8, 4) is 5.75 Å². The smallest absolute Gasteiger partial charge is 0.255 e. The fourth-order valence-electron chi connectivity index (χ4n) is 3.52. The summed E-state index contributed by atoms with van der Waals surface area (Å²) >= 11 is 0. The van der Waals surface area contributed by atoms with E-state index in [1.165, 1.54) is 17.0 Å². The lowest BCUT2D eigenvalue weighted by Gasteiger charge is -2.17. The Morgan fingerprint density at radius 2 is 1.96 bits per heavy atom. The molecule has 0 aliphatic carbocycles. The van der Waals surface area contributed by atoms with Crippen molar-refractivity contribution in [2.24, 2.45) is 0 Å². The van der Waals surface area contributed by atoms with Crippen molar-refractivity contribution in [2.45, 2.75) is 13.0 Å². The van der Waals surface area contributed by atoms with Crippen LogP contribution < -0.4 is 5.32 Å². The Morgan fingerprint density at radius 3 is 2.64 bits per heavy atom. The molecular weight excluding hydrogens is 361 g/mol. The van der Waals surface area contributed by atoms with Crippen LogP contribution in [0.5, 0.6) is 5.75 Å². The third kappa shape index (κ3) is 2.85. The van der Waals surface area contributed by atoms with E-state index in [0.717, 1.165) is 11.1 Å². The summed E-state index contributed by atoms with van der Waals surface area (Å²) in [5, 5.41) is 13.8. The molecule has 2 aromatic carbocycles.